The summed E-state index contributed by atoms with van der Waals surface area (Å²) >= 11 is 1.82. The molecule has 0 fully saturated rings. The molecule has 0 aliphatic heterocycles. The fourth-order valence-electron chi connectivity index (χ4n) is 1.33. The lowest BCUT2D eigenvalue weighted by molar-refractivity contribution is -0.383. The van der Waals surface area contributed by atoms with Gasteiger partial charge in [0.15, 0.2) is 0 Å². The molecular formula is C12H18N2O2S. The van der Waals surface area contributed by atoms with Crippen LogP contribution in [0.4, 0.5) is 11.4 Å². The summed E-state index contributed by atoms with van der Waals surface area (Å²) in [4.78, 5) is 10.4. The maximum Gasteiger partial charge on any atom is 0.292 e. The summed E-state index contributed by atoms with van der Waals surface area (Å²) in [6.07, 6.45) is 0. The van der Waals surface area contributed by atoms with Gasteiger partial charge in [-0.25, -0.2) is 0 Å². The van der Waals surface area contributed by atoms with Crippen LogP contribution in [0.2, 0.25) is 0 Å². The molecular weight excluding hydrogens is 236 g/mol. The molecule has 0 aliphatic carbocycles. The number of nitro benzene ring substituents is 1. The predicted molar refractivity (Wildman–Crippen MR) is 73.7 cm³/mol. The summed E-state index contributed by atoms with van der Waals surface area (Å²) in [6.45, 7) is 6.46. The van der Waals surface area contributed by atoms with E-state index in [-0.39, 0.29) is 15.4 Å². The molecule has 0 atom stereocenters. The third kappa shape index (κ3) is 4.26. The Morgan fingerprint density at radius 2 is 2.06 bits per heavy atom. The summed E-state index contributed by atoms with van der Waals surface area (Å²) < 4.78 is 0.196. The molecule has 0 unspecified atom stereocenters. The van der Waals surface area contributed by atoms with E-state index in [9.17, 15) is 10.1 Å². The average molecular weight is 254 g/mol. The van der Waals surface area contributed by atoms with E-state index in [1.165, 1.54) is 0 Å². The Morgan fingerprint density at radius 1 is 1.41 bits per heavy atom. The van der Waals surface area contributed by atoms with Crippen LogP contribution in [0.5, 0.6) is 0 Å². The Bertz CT molecular complexity index is 413. The normalized spacial score (nSPS) is 11.3. The van der Waals surface area contributed by atoms with Gasteiger partial charge in [-0.15, -0.1) is 0 Å². The van der Waals surface area contributed by atoms with Gasteiger partial charge in [0, 0.05) is 23.6 Å². The molecule has 0 amide bonds. The number of rotatable bonds is 4. The fourth-order valence-corrected chi connectivity index (χ4v) is 2.11. The molecule has 0 spiro atoms. The number of thioether (sulfide) groups is 1. The van der Waals surface area contributed by atoms with Crippen molar-refractivity contribution in [3.05, 3.63) is 33.9 Å². The molecule has 1 N–H and O–H groups in total. The second-order valence-corrected chi connectivity index (χ2v) is 6.56. The first-order chi connectivity index (χ1) is 7.83. The van der Waals surface area contributed by atoms with Gasteiger partial charge in [-0.1, -0.05) is 26.8 Å². The highest BCUT2D eigenvalue weighted by Crippen LogP contribution is 2.30. The molecule has 1 aromatic rings. The summed E-state index contributed by atoms with van der Waals surface area (Å²) in [7, 11) is 1.70. The number of hydrogen-bond donors (Lipinski definition) is 1. The molecule has 0 aliphatic rings. The van der Waals surface area contributed by atoms with E-state index < -0.39 is 0 Å². The zero-order valence-electron chi connectivity index (χ0n) is 10.6. The third-order valence-electron chi connectivity index (χ3n) is 2.20. The molecule has 4 nitrogen and oxygen atoms in total. The van der Waals surface area contributed by atoms with Crippen molar-refractivity contribution in [3.8, 4) is 0 Å². The van der Waals surface area contributed by atoms with Crippen molar-refractivity contribution in [2.45, 2.75) is 31.3 Å². The maximum atomic E-state index is 10.8. The van der Waals surface area contributed by atoms with Gasteiger partial charge in [-0.05, 0) is 11.6 Å². The highest BCUT2D eigenvalue weighted by molar-refractivity contribution is 7.99. The predicted octanol–water partition coefficient (Wildman–Crippen LogP) is 3.67. The van der Waals surface area contributed by atoms with Crippen LogP contribution >= 0.6 is 11.8 Å². The molecule has 5 heteroatoms. The highest BCUT2D eigenvalue weighted by Gasteiger charge is 2.15. The SMILES string of the molecule is CNc1cc(CSC(C)(C)C)ccc1[N+](=O)[O-]. The van der Waals surface area contributed by atoms with Crippen LogP contribution in [0, 0.1) is 10.1 Å². The van der Waals surface area contributed by atoms with Gasteiger partial charge in [0.05, 0.1) is 4.92 Å². The second kappa shape index (κ2) is 5.40. The van der Waals surface area contributed by atoms with Crippen molar-refractivity contribution in [3.63, 3.8) is 0 Å². The van der Waals surface area contributed by atoms with Crippen LogP contribution in [-0.2, 0) is 5.75 Å². The van der Waals surface area contributed by atoms with Crippen molar-refractivity contribution < 1.29 is 4.92 Å². The third-order valence-corrected chi connectivity index (χ3v) is 3.54. The van der Waals surface area contributed by atoms with Crippen LogP contribution < -0.4 is 5.32 Å². The molecule has 1 aromatic carbocycles. The molecule has 0 bridgehead atoms. The first-order valence-electron chi connectivity index (χ1n) is 5.42. The largest absolute Gasteiger partial charge is 0.383 e. The van der Waals surface area contributed by atoms with Gasteiger partial charge >= 0.3 is 0 Å². The molecule has 94 valence electrons. The second-order valence-electron chi connectivity index (χ2n) is 4.76. The molecule has 17 heavy (non-hydrogen) atoms. The number of nitrogens with zero attached hydrogens (tertiary/aromatic N) is 1. The Balaban J connectivity index is 2.87. The highest BCUT2D eigenvalue weighted by atomic mass is 32.2. The van der Waals surface area contributed by atoms with Crippen LogP contribution in [0.3, 0.4) is 0 Å². The van der Waals surface area contributed by atoms with Crippen molar-refractivity contribution in [2.75, 3.05) is 12.4 Å². The van der Waals surface area contributed by atoms with E-state index in [2.05, 4.69) is 26.1 Å². The Hall–Kier alpha value is -1.23. The molecule has 0 heterocycles. The van der Waals surface area contributed by atoms with Gasteiger partial charge in [0.2, 0.25) is 0 Å². The molecule has 0 radical (unpaired) electrons. The van der Waals surface area contributed by atoms with E-state index in [0.717, 1.165) is 11.3 Å². The summed E-state index contributed by atoms with van der Waals surface area (Å²) in [6, 6.07) is 5.22. The van der Waals surface area contributed by atoms with Crippen LogP contribution in [0.1, 0.15) is 26.3 Å². The van der Waals surface area contributed by atoms with E-state index >= 15 is 0 Å². The van der Waals surface area contributed by atoms with Crippen molar-refractivity contribution in [2.24, 2.45) is 0 Å². The molecule has 0 saturated carbocycles. The summed E-state index contributed by atoms with van der Waals surface area (Å²) in [5.74, 6) is 0.857. The Morgan fingerprint density at radius 3 is 2.53 bits per heavy atom. The number of nitrogens with one attached hydrogen (secondary N) is 1. The fraction of sp³-hybridized carbons (Fsp3) is 0.500. The van der Waals surface area contributed by atoms with Gasteiger partial charge < -0.3 is 5.32 Å². The van der Waals surface area contributed by atoms with E-state index in [0.29, 0.717) is 5.69 Å². The maximum absolute atomic E-state index is 10.8. The number of hydrogen-bond acceptors (Lipinski definition) is 4. The van der Waals surface area contributed by atoms with Crippen LogP contribution in [-0.4, -0.2) is 16.7 Å². The molecule has 0 saturated heterocycles. The summed E-state index contributed by atoms with van der Waals surface area (Å²) in [5, 5.41) is 13.6. The van der Waals surface area contributed by atoms with Gasteiger partial charge in [0.25, 0.3) is 5.69 Å². The quantitative estimate of drug-likeness (QED) is 0.658. The number of benzene rings is 1. The molecule has 1 rings (SSSR count). The minimum Gasteiger partial charge on any atom is -0.383 e. The smallest absolute Gasteiger partial charge is 0.292 e. The van der Waals surface area contributed by atoms with E-state index in [4.69, 9.17) is 0 Å². The summed E-state index contributed by atoms with van der Waals surface area (Å²) in [5.41, 5.74) is 1.79. The minimum atomic E-state index is -0.369. The first-order valence-corrected chi connectivity index (χ1v) is 6.41. The van der Waals surface area contributed by atoms with E-state index in [1.54, 1.807) is 13.1 Å². The standard InChI is InChI=1S/C12H18N2O2S/c1-12(2,3)17-8-9-5-6-11(14(15)16)10(7-9)13-4/h5-7,13H,8H2,1-4H3. The monoisotopic (exact) mass is 254 g/mol. The van der Waals surface area contributed by atoms with Crippen molar-refractivity contribution in [1.82, 2.24) is 0 Å². The van der Waals surface area contributed by atoms with Gasteiger partial charge in [0.1, 0.15) is 5.69 Å². The van der Waals surface area contributed by atoms with Crippen molar-refractivity contribution in [1.29, 1.82) is 0 Å². The lowest BCUT2D eigenvalue weighted by Gasteiger charge is -2.17. The number of nitro groups is 1. The van der Waals surface area contributed by atoms with Crippen LogP contribution in [0.25, 0.3) is 0 Å². The van der Waals surface area contributed by atoms with Crippen molar-refractivity contribution >= 4 is 23.1 Å². The Kier molecular flexibility index (Phi) is 4.40. The zero-order chi connectivity index (χ0) is 13.1. The lowest BCUT2D eigenvalue weighted by Crippen LogP contribution is -2.07. The lowest BCUT2D eigenvalue weighted by atomic mass is 10.2. The van der Waals surface area contributed by atoms with Crippen LogP contribution in [0.15, 0.2) is 18.2 Å². The zero-order valence-corrected chi connectivity index (χ0v) is 11.4. The topological polar surface area (TPSA) is 55.2 Å². The number of anilines is 1. The first kappa shape index (κ1) is 13.8. The van der Waals surface area contributed by atoms with Gasteiger partial charge in [-0.2, -0.15) is 11.8 Å². The molecule has 0 aromatic heterocycles. The van der Waals surface area contributed by atoms with E-state index in [1.807, 2.05) is 23.9 Å². The minimum absolute atomic E-state index is 0.122. The average Bonchev–Trinajstić information content (AvgIpc) is 2.24. The Labute approximate surface area is 106 Å². The van der Waals surface area contributed by atoms with Gasteiger partial charge in [-0.3, -0.25) is 10.1 Å².